The Hall–Kier alpha value is -0.220. The highest BCUT2D eigenvalue weighted by Crippen LogP contribution is 2.10. The van der Waals surface area contributed by atoms with Gasteiger partial charge in [0.15, 0.2) is 0 Å². The van der Waals surface area contributed by atoms with Crippen LogP contribution in [-0.2, 0) is 4.79 Å². The van der Waals surface area contributed by atoms with Gasteiger partial charge in [0.2, 0.25) is 5.91 Å². The van der Waals surface area contributed by atoms with Gasteiger partial charge in [0, 0.05) is 24.4 Å². The molecule has 0 fully saturated rings. The van der Waals surface area contributed by atoms with Crippen LogP contribution in [0.3, 0.4) is 0 Å². The maximum absolute atomic E-state index is 11.5. The van der Waals surface area contributed by atoms with Gasteiger partial charge in [0.1, 0.15) is 0 Å². The van der Waals surface area contributed by atoms with Crippen LogP contribution in [0.1, 0.15) is 27.7 Å². The molecule has 0 spiro atoms. The molecule has 0 saturated heterocycles. The highest BCUT2D eigenvalue weighted by atomic mass is 32.2. The van der Waals surface area contributed by atoms with Gasteiger partial charge in [-0.25, -0.2) is 0 Å². The van der Waals surface area contributed by atoms with Gasteiger partial charge < -0.3 is 10.6 Å². The number of nitrogens with zero attached hydrogens (tertiary/aromatic N) is 1. The predicted molar refractivity (Wildman–Crippen MR) is 63.5 cm³/mol. The van der Waals surface area contributed by atoms with Gasteiger partial charge in [0.05, 0.1) is 5.75 Å². The summed E-state index contributed by atoms with van der Waals surface area (Å²) in [4.78, 5) is 13.3. The number of thioether (sulfide) groups is 1. The Balaban J connectivity index is 3.75. The molecule has 0 radical (unpaired) electrons. The van der Waals surface area contributed by atoms with Crippen molar-refractivity contribution in [2.24, 2.45) is 5.73 Å². The van der Waals surface area contributed by atoms with E-state index in [1.165, 1.54) is 0 Å². The first-order chi connectivity index (χ1) is 6.24. The molecule has 0 aliphatic carbocycles. The number of nitrogens with two attached hydrogens (primary N) is 1. The van der Waals surface area contributed by atoms with Crippen molar-refractivity contribution in [3.8, 4) is 0 Å². The van der Waals surface area contributed by atoms with E-state index < -0.39 is 0 Å². The largest absolute Gasteiger partial charge is 0.343 e. The van der Waals surface area contributed by atoms with E-state index in [1.807, 2.05) is 34.7 Å². The van der Waals surface area contributed by atoms with E-state index in [9.17, 15) is 4.79 Å². The molecule has 0 aromatic carbocycles. The van der Waals surface area contributed by atoms with Gasteiger partial charge in [-0.2, -0.15) is 11.8 Å². The normalized spacial score (nSPS) is 11.9. The molecule has 0 aromatic heterocycles. The van der Waals surface area contributed by atoms with Crippen LogP contribution in [0.4, 0.5) is 0 Å². The van der Waals surface area contributed by atoms with E-state index in [1.54, 1.807) is 16.7 Å². The van der Waals surface area contributed by atoms with Crippen LogP contribution >= 0.6 is 11.8 Å². The van der Waals surface area contributed by atoms with Gasteiger partial charge in [-0.3, -0.25) is 4.79 Å². The second-order valence-corrected chi connectivity index (χ2v) is 5.57. The second-order valence-electron chi connectivity index (χ2n) is 4.58. The lowest BCUT2D eigenvalue weighted by molar-refractivity contribution is -0.128. The zero-order chi connectivity index (χ0) is 11.4. The number of rotatable bonds is 5. The molecule has 0 atom stereocenters. The summed E-state index contributed by atoms with van der Waals surface area (Å²) in [6, 6.07) is 0.272. The molecule has 2 N–H and O–H groups in total. The van der Waals surface area contributed by atoms with Crippen LogP contribution in [0.25, 0.3) is 0 Å². The quantitative estimate of drug-likeness (QED) is 0.757. The maximum atomic E-state index is 11.5. The Morgan fingerprint density at radius 1 is 1.50 bits per heavy atom. The number of amides is 1. The molecule has 0 aliphatic heterocycles. The topological polar surface area (TPSA) is 46.3 Å². The summed E-state index contributed by atoms with van der Waals surface area (Å²) < 4.78 is 0. The molecule has 0 heterocycles. The molecule has 0 rings (SSSR count). The van der Waals surface area contributed by atoms with Gasteiger partial charge in [-0.1, -0.05) is 0 Å². The van der Waals surface area contributed by atoms with E-state index in [0.29, 0.717) is 5.75 Å². The summed E-state index contributed by atoms with van der Waals surface area (Å²) in [7, 11) is 1.83. The molecular formula is C10H22N2OS. The number of hydrogen-bond acceptors (Lipinski definition) is 3. The average molecular weight is 218 g/mol. The Morgan fingerprint density at radius 2 is 2.00 bits per heavy atom. The van der Waals surface area contributed by atoms with Gasteiger partial charge in [-0.15, -0.1) is 0 Å². The third-order valence-corrected chi connectivity index (χ3v) is 3.27. The van der Waals surface area contributed by atoms with Crippen molar-refractivity contribution in [1.29, 1.82) is 0 Å². The smallest absolute Gasteiger partial charge is 0.232 e. The van der Waals surface area contributed by atoms with Crippen LogP contribution in [0, 0.1) is 0 Å². The van der Waals surface area contributed by atoms with Crippen molar-refractivity contribution < 1.29 is 4.79 Å². The van der Waals surface area contributed by atoms with Crippen molar-refractivity contribution in [2.75, 3.05) is 18.6 Å². The summed E-state index contributed by atoms with van der Waals surface area (Å²) in [5, 5.41) is 0. The summed E-state index contributed by atoms with van der Waals surface area (Å²) in [6.45, 7) is 7.96. The minimum absolute atomic E-state index is 0.175. The molecule has 84 valence electrons. The standard InChI is InChI=1S/C10H22N2OS/c1-8(2)12(5)9(13)6-14-7-10(3,4)11/h8H,6-7,11H2,1-5H3. The molecule has 0 unspecified atom stereocenters. The highest BCUT2D eigenvalue weighted by Gasteiger charge is 2.15. The van der Waals surface area contributed by atoms with Crippen LogP contribution in [0.5, 0.6) is 0 Å². The van der Waals surface area contributed by atoms with Crippen molar-refractivity contribution in [1.82, 2.24) is 4.90 Å². The minimum atomic E-state index is -0.193. The molecule has 4 heteroatoms. The Morgan fingerprint density at radius 3 is 2.36 bits per heavy atom. The van der Waals surface area contributed by atoms with Gasteiger partial charge >= 0.3 is 0 Å². The lowest BCUT2D eigenvalue weighted by Crippen LogP contribution is -2.37. The van der Waals surface area contributed by atoms with Crippen LogP contribution < -0.4 is 5.73 Å². The molecule has 0 aliphatic rings. The predicted octanol–water partition coefficient (Wildman–Crippen LogP) is 1.32. The molecule has 3 nitrogen and oxygen atoms in total. The Bertz CT molecular complexity index is 187. The number of carbonyl (C=O) groups is 1. The van der Waals surface area contributed by atoms with Crippen molar-refractivity contribution in [3.63, 3.8) is 0 Å². The fourth-order valence-corrected chi connectivity index (χ4v) is 1.80. The number of hydrogen-bond donors (Lipinski definition) is 1. The third kappa shape index (κ3) is 6.27. The van der Waals surface area contributed by atoms with Gasteiger partial charge in [-0.05, 0) is 27.7 Å². The molecule has 0 saturated carbocycles. The van der Waals surface area contributed by atoms with E-state index in [0.717, 1.165) is 5.75 Å². The lowest BCUT2D eigenvalue weighted by Gasteiger charge is -2.22. The molecule has 0 aromatic rings. The molecule has 1 amide bonds. The zero-order valence-electron chi connectivity index (χ0n) is 9.83. The molecule has 14 heavy (non-hydrogen) atoms. The summed E-state index contributed by atoms with van der Waals surface area (Å²) >= 11 is 1.60. The first-order valence-electron chi connectivity index (χ1n) is 4.86. The zero-order valence-corrected chi connectivity index (χ0v) is 10.6. The minimum Gasteiger partial charge on any atom is -0.343 e. The lowest BCUT2D eigenvalue weighted by atomic mass is 10.1. The first kappa shape index (κ1) is 13.8. The summed E-state index contributed by atoms with van der Waals surface area (Å²) in [5.74, 6) is 1.51. The van der Waals surface area contributed by atoms with Crippen LogP contribution in [0.2, 0.25) is 0 Å². The Kier molecular flexibility index (Phi) is 5.52. The van der Waals surface area contributed by atoms with Crippen molar-refractivity contribution >= 4 is 17.7 Å². The Labute approximate surface area is 91.4 Å². The summed E-state index contributed by atoms with van der Waals surface area (Å²) in [5.41, 5.74) is 5.62. The van der Waals surface area contributed by atoms with Gasteiger partial charge in [0.25, 0.3) is 0 Å². The van der Waals surface area contributed by atoms with Crippen molar-refractivity contribution in [3.05, 3.63) is 0 Å². The first-order valence-corrected chi connectivity index (χ1v) is 6.02. The molecule has 0 bridgehead atoms. The number of carbonyl (C=O) groups excluding carboxylic acids is 1. The van der Waals surface area contributed by atoms with Crippen molar-refractivity contribution in [2.45, 2.75) is 39.3 Å². The summed E-state index contributed by atoms with van der Waals surface area (Å²) in [6.07, 6.45) is 0. The fourth-order valence-electron chi connectivity index (χ4n) is 0.791. The van der Waals surface area contributed by atoms with E-state index in [4.69, 9.17) is 5.73 Å². The fraction of sp³-hybridized carbons (Fsp3) is 0.900. The SMILES string of the molecule is CC(C)N(C)C(=O)CSCC(C)(C)N. The highest BCUT2D eigenvalue weighted by molar-refractivity contribution is 8.00. The average Bonchev–Trinajstić information content (AvgIpc) is 2.00. The maximum Gasteiger partial charge on any atom is 0.232 e. The van der Waals surface area contributed by atoms with Crippen LogP contribution in [-0.4, -0.2) is 40.9 Å². The monoisotopic (exact) mass is 218 g/mol. The second kappa shape index (κ2) is 5.61. The molecular weight excluding hydrogens is 196 g/mol. The van der Waals surface area contributed by atoms with Crippen LogP contribution in [0.15, 0.2) is 0 Å². The van der Waals surface area contributed by atoms with E-state index >= 15 is 0 Å². The third-order valence-electron chi connectivity index (χ3n) is 1.87. The van der Waals surface area contributed by atoms with E-state index in [2.05, 4.69) is 0 Å². The van der Waals surface area contributed by atoms with E-state index in [-0.39, 0.29) is 17.5 Å².